The molecule has 1 atom stereocenters. The Labute approximate surface area is 139 Å². The highest BCUT2D eigenvalue weighted by Crippen LogP contribution is 2.27. The van der Waals surface area contributed by atoms with Gasteiger partial charge in [0, 0.05) is 5.69 Å². The molecule has 2 amide bonds. The topological polar surface area (TPSA) is 58.6 Å². The molecule has 24 heavy (non-hydrogen) atoms. The number of benzene rings is 2. The van der Waals surface area contributed by atoms with Crippen molar-refractivity contribution in [3.63, 3.8) is 0 Å². The van der Waals surface area contributed by atoms with E-state index in [-0.39, 0.29) is 12.1 Å². The predicted molar refractivity (Wildman–Crippen MR) is 88.5 cm³/mol. The molecule has 0 aliphatic carbocycles. The first kappa shape index (κ1) is 16.0. The minimum Gasteiger partial charge on any atom is -0.494 e. The third-order valence-corrected chi connectivity index (χ3v) is 3.75. The molecule has 1 aliphatic heterocycles. The van der Waals surface area contributed by atoms with E-state index in [9.17, 15) is 14.0 Å². The number of para-hydroxylation sites is 1. The van der Waals surface area contributed by atoms with E-state index in [4.69, 9.17) is 4.74 Å². The lowest BCUT2D eigenvalue weighted by molar-refractivity contribution is -0.121. The van der Waals surface area contributed by atoms with Gasteiger partial charge < -0.3 is 10.1 Å². The fourth-order valence-corrected chi connectivity index (χ4v) is 2.65. The van der Waals surface area contributed by atoms with Crippen molar-refractivity contribution in [1.29, 1.82) is 0 Å². The number of halogens is 1. The van der Waals surface area contributed by atoms with E-state index in [1.807, 2.05) is 6.92 Å². The fourth-order valence-electron chi connectivity index (χ4n) is 2.65. The molecule has 6 heteroatoms. The third kappa shape index (κ3) is 3.08. The zero-order chi connectivity index (χ0) is 17.1. The van der Waals surface area contributed by atoms with Gasteiger partial charge in [0.2, 0.25) is 5.91 Å². The first-order valence-electron chi connectivity index (χ1n) is 7.71. The second-order valence-corrected chi connectivity index (χ2v) is 5.38. The van der Waals surface area contributed by atoms with Gasteiger partial charge in [-0.3, -0.25) is 9.59 Å². The highest BCUT2D eigenvalue weighted by Gasteiger charge is 2.40. The quantitative estimate of drug-likeness (QED) is 0.857. The molecule has 3 rings (SSSR count). The van der Waals surface area contributed by atoms with Crippen molar-refractivity contribution >= 4 is 23.2 Å². The van der Waals surface area contributed by atoms with E-state index >= 15 is 0 Å². The van der Waals surface area contributed by atoms with Crippen LogP contribution < -0.4 is 15.0 Å². The van der Waals surface area contributed by atoms with Gasteiger partial charge in [0.25, 0.3) is 5.91 Å². The van der Waals surface area contributed by atoms with Gasteiger partial charge in [-0.2, -0.15) is 0 Å². The Morgan fingerprint density at radius 2 is 1.88 bits per heavy atom. The summed E-state index contributed by atoms with van der Waals surface area (Å²) in [6.45, 7) is 2.46. The van der Waals surface area contributed by atoms with Gasteiger partial charge in [0.1, 0.15) is 17.6 Å². The Kier molecular flexibility index (Phi) is 4.46. The fraction of sp³-hybridized carbons (Fsp3) is 0.222. The minimum atomic E-state index is -0.713. The number of imide groups is 1. The van der Waals surface area contributed by atoms with Gasteiger partial charge in [0.15, 0.2) is 0 Å². The van der Waals surface area contributed by atoms with Crippen LogP contribution in [-0.4, -0.2) is 24.5 Å². The maximum absolute atomic E-state index is 13.9. The van der Waals surface area contributed by atoms with Crippen molar-refractivity contribution in [2.24, 2.45) is 0 Å². The molecular formula is C18H17FN2O3. The summed E-state index contributed by atoms with van der Waals surface area (Å²) in [5.74, 6) is -0.752. The molecule has 0 aromatic heterocycles. The molecule has 0 bridgehead atoms. The van der Waals surface area contributed by atoms with Gasteiger partial charge in [-0.15, -0.1) is 0 Å². The van der Waals surface area contributed by atoms with Gasteiger partial charge in [0.05, 0.1) is 18.7 Å². The summed E-state index contributed by atoms with van der Waals surface area (Å²) < 4.78 is 19.2. The first-order chi connectivity index (χ1) is 11.6. The molecule has 0 spiro atoms. The van der Waals surface area contributed by atoms with Gasteiger partial charge in [-0.05, 0) is 43.3 Å². The van der Waals surface area contributed by atoms with E-state index in [2.05, 4.69) is 5.32 Å². The third-order valence-electron chi connectivity index (χ3n) is 3.75. The number of carbonyl (C=O) groups is 2. The summed E-state index contributed by atoms with van der Waals surface area (Å²) in [6, 6.07) is 12.1. The molecule has 124 valence electrons. The minimum absolute atomic E-state index is 0.0107. The number of hydrogen-bond acceptors (Lipinski definition) is 4. The van der Waals surface area contributed by atoms with E-state index in [0.29, 0.717) is 12.3 Å². The van der Waals surface area contributed by atoms with Crippen molar-refractivity contribution in [1.82, 2.24) is 0 Å². The van der Waals surface area contributed by atoms with E-state index in [1.54, 1.807) is 30.3 Å². The Bertz CT molecular complexity index is 761. The Morgan fingerprint density at radius 1 is 1.17 bits per heavy atom. The SMILES string of the molecule is CCOc1ccc(N[C@H]2CC(=O)N(c3ccccc3F)C2=O)cc1. The Hall–Kier alpha value is -2.89. The highest BCUT2D eigenvalue weighted by molar-refractivity contribution is 6.23. The van der Waals surface area contributed by atoms with Crippen molar-refractivity contribution in [2.45, 2.75) is 19.4 Å². The summed E-state index contributed by atoms with van der Waals surface area (Å²) in [7, 11) is 0. The molecule has 0 saturated carbocycles. The molecule has 1 aliphatic rings. The summed E-state index contributed by atoms with van der Waals surface area (Å²) >= 11 is 0. The summed E-state index contributed by atoms with van der Waals surface area (Å²) in [5, 5.41) is 3.02. The van der Waals surface area contributed by atoms with Gasteiger partial charge in [-0.25, -0.2) is 9.29 Å². The lowest BCUT2D eigenvalue weighted by Crippen LogP contribution is -2.35. The molecule has 5 nitrogen and oxygen atoms in total. The second kappa shape index (κ2) is 6.70. The van der Waals surface area contributed by atoms with Crippen LogP contribution in [0.3, 0.4) is 0 Å². The number of carbonyl (C=O) groups excluding carboxylic acids is 2. The standard InChI is InChI=1S/C18H17FN2O3/c1-2-24-13-9-7-12(8-10-13)20-15-11-17(22)21(18(15)23)16-6-4-3-5-14(16)19/h3-10,15,20H,2,11H2,1H3/t15-/m0/s1. The maximum Gasteiger partial charge on any atom is 0.256 e. The van der Waals surface area contributed by atoms with E-state index in [1.165, 1.54) is 18.2 Å². The average Bonchev–Trinajstić information content (AvgIpc) is 2.84. The van der Waals surface area contributed by atoms with Gasteiger partial charge >= 0.3 is 0 Å². The first-order valence-corrected chi connectivity index (χ1v) is 7.71. The Morgan fingerprint density at radius 3 is 2.54 bits per heavy atom. The zero-order valence-electron chi connectivity index (χ0n) is 13.2. The van der Waals surface area contributed by atoms with Crippen LogP contribution in [0.4, 0.5) is 15.8 Å². The number of rotatable bonds is 5. The molecule has 1 N–H and O–H groups in total. The number of amides is 2. The molecule has 0 radical (unpaired) electrons. The van der Waals surface area contributed by atoms with Crippen LogP contribution in [0.15, 0.2) is 48.5 Å². The smallest absolute Gasteiger partial charge is 0.256 e. The Balaban J connectivity index is 1.75. The second-order valence-electron chi connectivity index (χ2n) is 5.38. The van der Waals surface area contributed by atoms with Crippen LogP contribution in [0.5, 0.6) is 5.75 Å². The largest absolute Gasteiger partial charge is 0.494 e. The van der Waals surface area contributed by atoms with Crippen LogP contribution in [-0.2, 0) is 9.59 Å². The monoisotopic (exact) mass is 328 g/mol. The van der Waals surface area contributed by atoms with E-state index in [0.717, 1.165) is 10.6 Å². The van der Waals surface area contributed by atoms with Crippen LogP contribution in [0.25, 0.3) is 0 Å². The average molecular weight is 328 g/mol. The number of anilines is 2. The molecule has 1 fully saturated rings. The van der Waals surface area contributed by atoms with Crippen molar-refractivity contribution < 1.29 is 18.7 Å². The molecule has 2 aromatic carbocycles. The molecule has 1 heterocycles. The lowest BCUT2D eigenvalue weighted by Gasteiger charge is -2.16. The van der Waals surface area contributed by atoms with Crippen molar-refractivity contribution in [3.8, 4) is 5.75 Å². The van der Waals surface area contributed by atoms with Crippen LogP contribution in [0.2, 0.25) is 0 Å². The summed E-state index contributed by atoms with van der Waals surface area (Å²) in [5.41, 5.74) is 0.684. The van der Waals surface area contributed by atoms with Gasteiger partial charge in [-0.1, -0.05) is 12.1 Å². The number of ether oxygens (including phenoxy) is 1. The summed E-state index contributed by atoms with van der Waals surface area (Å²) in [4.78, 5) is 25.6. The predicted octanol–water partition coefficient (Wildman–Crippen LogP) is 2.97. The van der Waals surface area contributed by atoms with Crippen LogP contribution in [0.1, 0.15) is 13.3 Å². The number of nitrogens with zero attached hydrogens (tertiary/aromatic N) is 1. The lowest BCUT2D eigenvalue weighted by atomic mass is 10.2. The van der Waals surface area contributed by atoms with Crippen LogP contribution in [0, 0.1) is 5.82 Å². The number of nitrogens with one attached hydrogen (secondary N) is 1. The number of hydrogen-bond donors (Lipinski definition) is 1. The highest BCUT2D eigenvalue weighted by atomic mass is 19.1. The van der Waals surface area contributed by atoms with Crippen molar-refractivity contribution in [3.05, 3.63) is 54.3 Å². The van der Waals surface area contributed by atoms with Crippen molar-refractivity contribution in [2.75, 3.05) is 16.8 Å². The molecule has 2 aromatic rings. The van der Waals surface area contributed by atoms with Crippen LogP contribution >= 0.6 is 0 Å². The molecule has 1 saturated heterocycles. The summed E-state index contributed by atoms with van der Waals surface area (Å²) in [6.07, 6.45) is -0.0135. The normalized spacial score (nSPS) is 17.2. The maximum atomic E-state index is 13.9. The molecule has 0 unspecified atom stereocenters. The molecular weight excluding hydrogens is 311 g/mol. The van der Waals surface area contributed by atoms with E-state index < -0.39 is 23.7 Å². The zero-order valence-corrected chi connectivity index (χ0v) is 13.2.